The summed E-state index contributed by atoms with van der Waals surface area (Å²) in [5, 5.41) is 3.35. The van der Waals surface area contributed by atoms with Crippen LogP contribution in [0.5, 0.6) is 5.75 Å². The van der Waals surface area contributed by atoms with Gasteiger partial charge in [-0.1, -0.05) is 29.8 Å². The van der Waals surface area contributed by atoms with Crippen LogP contribution < -0.4 is 10.1 Å². The predicted molar refractivity (Wildman–Crippen MR) is 104 cm³/mol. The first kappa shape index (κ1) is 18.9. The molecule has 0 aliphatic rings. The van der Waals surface area contributed by atoms with Crippen LogP contribution in [0.15, 0.2) is 66.9 Å². The third-order valence-electron chi connectivity index (χ3n) is 4.15. The average Bonchev–Trinajstić information content (AvgIpc) is 2.68. The highest BCUT2D eigenvalue weighted by Crippen LogP contribution is 2.30. The summed E-state index contributed by atoms with van der Waals surface area (Å²) in [7, 11) is 1.52. The number of ether oxygens (including phenoxy) is 1. The molecule has 0 spiro atoms. The summed E-state index contributed by atoms with van der Waals surface area (Å²) >= 11 is 6.04. The molecule has 0 radical (unpaired) electrons. The van der Waals surface area contributed by atoms with E-state index in [4.69, 9.17) is 16.3 Å². The van der Waals surface area contributed by atoms with Gasteiger partial charge in [-0.3, -0.25) is 9.78 Å². The SMILES string of the molecule is COc1ccc(Cl)cc1NC(=O)C(Cc1ccccn1)c1ccc(F)cc1. The molecule has 1 unspecified atom stereocenters. The van der Waals surface area contributed by atoms with E-state index in [1.165, 1.54) is 19.2 Å². The van der Waals surface area contributed by atoms with Crippen molar-refractivity contribution in [2.45, 2.75) is 12.3 Å². The number of anilines is 1. The maximum absolute atomic E-state index is 13.3. The third-order valence-corrected chi connectivity index (χ3v) is 4.38. The van der Waals surface area contributed by atoms with Gasteiger partial charge in [-0.05, 0) is 48.0 Å². The number of benzene rings is 2. The Morgan fingerprint density at radius 2 is 1.96 bits per heavy atom. The molecule has 2 aromatic carbocycles. The van der Waals surface area contributed by atoms with E-state index < -0.39 is 5.92 Å². The molecule has 3 rings (SSSR count). The van der Waals surface area contributed by atoms with Crippen molar-refractivity contribution in [2.75, 3.05) is 12.4 Å². The Balaban J connectivity index is 1.91. The summed E-state index contributed by atoms with van der Waals surface area (Å²) in [5.41, 5.74) is 1.93. The maximum Gasteiger partial charge on any atom is 0.232 e. The molecule has 6 heteroatoms. The topological polar surface area (TPSA) is 51.2 Å². The highest BCUT2D eigenvalue weighted by Gasteiger charge is 2.23. The van der Waals surface area contributed by atoms with Crippen molar-refractivity contribution in [1.29, 1.82) is 0 Å². The van der Waals surface area contributed by atoms with E-state index in [0.717, 1.165) is 5.69 Å². The van der Waals surface area contributed by atoms with E-state index >= 15 is 0 Å². The van der Waals surface area contributed by atoms with Gasteiger partial charge in [-0.15, -0.1) is 0 Å². The molecule has 0 bridgehead atoms. The standard InChI is InChI=1S/C21H18ClFN2O2/c1-27-20-10-7-15(22)12-19(20)25-21(26)18(13-17-4-2-3-11-24-17)14-5-8-16(23)9-6-14/h2-12,18H,13H2,1H3,(H,25,26). The van der Waals surface area contributed by atoms with E-state index in [1.807, 2.05) is 18.2 Å². The molecule has 0 aliphatic heterocycles. The number of rotatable bonds is 6. The fourth-order valence-corrected chi connectivity index (χ4v) is 2.95. The van der Waals surface area contributed by atoms with Crippen LogP contribution in [-0.4, -0.2) is 18.0 Å². The van der Waals surface area contributed by atoms with Gasteiger partial charge in [-0.25, -0.2) is 4.39 Å². The van der Waals surface area contributed by atoms with Crippen LogP contribution in [-0.2, 0) is 11.2 Å². The highest BCUT2D eigenvalue weighted by atomic mass is 35.5. The lowest BCUT2D eigenvalue weighted by Gasteiger charge is -2.18. The average molecular weight is 385 g/mol. The number of carbonyl (C=O) groups excluding carboxylic acids is 1. The fourth-order valence-electron chi connectivity index (χ4n) is 2.78. The highest BCUT2D eigenvalue weighted by molar-refractivity contribution is 6.31. The lowest BCUT2D eigenvalue weighted by molar-refractivity contribution is -0.117. The van der Waals surface area contributed by atoms with Gasteiger partial charge in [0.1, 0.15) is 11.6 Å². The summed E-state index contributed by atoms with van der Waals surface area (Å²) in [6.45, 7) is 0. The first-order valence-electron chi connectivity index (χ1n) is 8.36. The first-order chi connectivity index (χ1) is 13.1. The lowest BCUT2D eigenvalue weighted by Crippen LogP contribution is -2.23. The normalized spacial score (nSPS) is 11.7. The molecule has 0 aliphatic carbocycles. The van der Waals surface area contributed by atoms with Gasteiger partial charge in [0, 0.05) is 23.3 Å². The lowest BCUT2D eigenvalue weighted by atomic mass is 9.93. The molecule has 1 N–H and O–H groups in total. The zero-order valence-corrected chi connectivity index (χ0v) is 15.4. The second-order valence-corrected chi connectivity index (χ2v) is 6.40. The summed E-state index contributed by atoms with van der Waals surface area (Å²) in [6, 6.07) is 16.4. The molecular weight excluding hydrogens is 367 g/mol. The van der Waals surface area contributed by atoms with Gasteiger partial charge in [-0.2, -0.15) is 0 Å². The van der Waals surface area contributed by atoms with Gasteiger partial charge >= 0.3 is 0 Å². The zero-order chi connectivity index (χ0) is 19.2. The number of amides is 1. The van der Waals surface area contributed by atoms with Crippen molar-refractivity contribution in [3.8, 4) is 5.75 Å². The molecule has 4 nitrogen and oxygen atoms in total. The second-order valence-electron chi connectivity index (χ2n) is 5.96. The van der Waals surface area contributed by atoms with E-state index in [0.29, 0.717) is 28.4 Å². The first-order valence-corrected chi connectivity index (χ1v) is 8.74. The van der Waals surface area contributed by atoms with Gasteiger partial charge < -0.3 is 10.1 Å². The van der Waals surface area contributed by atoms with Crippen LogP contribution in [0, 0.1) is 5.82 Å². The van der Waals surface area contributed by atoms with Crippen molar-refractivity contribution >= 4 is 23.2 Å². The van der Waals surface area contributed by atoms with Crippen LogP contribution in [0.1, 0.15) is 17.2 Å². The smallest absolute Gasteiger partial charge is 0.232 e. The molecule has 0 saturated carbocycles. The summed E-state index contributed by atoms with van der Waals surface area (Å²) < 4.78 is 18.6. The van der Waals surface area contributed by atoms with E-state index in [-0.39, 0.29) is 11.7 Å². The Hall–Kier alpha value is -2.92. The van der Waals surface area contributed by atoms with Gasteiger partial charge in [0.05, 0.1) is 18.7 Å². The van der Waals surface area contributed by atoms with Crippen molar-refractivity contribution < 1.29 is 13.9 Å². The molecule has 1 heterocycles. The number of hydrogen-bond donors (Lipinski definition) is 1. The molecule has 1 aromatic heterocycles. The van der Waals surface area contributed by atoms with E-state index in [9.17, 15) is 9.18 Å². The van der Waals surface area contributed by atoms with E-state index in [1.54, 1.807) is 36.5 Å². The Labute approximate surface area is 162 Å². The van der Waals surface area contributed by atoms with Gasteiger partial charge in [0.2, 0.25) is 5.91 Å². The molecule has 1 atom stereocenters. The number of halogens is 2. The quantitative estimate of drug-likeness (QED) is 0.661. The minimum atomic E-state index is -0.552. The third kappa shape index (κ3) is 4.83. The number of hydrogen-bond acceptors (Lipinski definition) is 3. The number of carbonyl (C=O) groups is 1. The number of nitrogens with one attached hydrogen (secondary N) is 1. The Bertz CT molecular complexity index is 917. The minimum Gasteiger partial charge on any atom is -0.495 e. The Kier molecular flexibility index (Phi) is 6.04. The van der Waals surface area contributed by atoms with Crippen molar-refractivity contribution in [2.24, 2.45) is 0 Å². The van der Waals surface area contributed by atoms with Crippen LogP contribution in [0.4, 0.5) is 10.1 Å². The van der Waals surface area contributed by atoms with E-state index in [2.05, 4.69) is 10.3 Å². The molecule has 3 aromatic rings. The minimum absolute atomic E-state index is 0.257. The molecule has 0 saturated heterocycles. The monoisotopic (exact) mass is 384 g/mol. The number of methoxy groups -OCH3 is 1. The maximum atomic E-state index is 13.3. The number of aromatic nitrogens is 1. The van der Waals surface area contributed by atoms with Crippen LogP contribution >= 0.6 is 11.6 Å². The zero-order valence-electron chi connectivity index (χ0n) is 14.7. The molecule has 1 amide bonds. The Morgan fingerprint density at radius 3 is 2.63 bits per heavy atom. The molecule has 138 valence electrons. The van der Waals surface area contributed by atoms with Crippen LogP contribution in [0.3, 0.4) is 0 Å². The predicted octanol–water partition coefficient (Wildman–Crippen LogP) is 4.85. The summed E-state index contributed by atoms with van der Waals surface area (Å²) in [5.74, 6) is -0.660. The van der Waals surface area contributed by atoms with Crippen molar-refractivity contribution in [3.05, 3.63) is 89.0 Å². The van der Waals surface area contributed by atoms with Crippen molar-refractivity contribution in [3.63, 3.8) is 0 Å². The molecule has 0 fully saturated rings. The summed E-state index contributed by atoms with van der Waals surface area (Å²) in [4.78, 5) is 17.3. The second kappa shape index (κ2) is 8.64. The van der Waals surface area contributed by atoms with Gasteiger partial charge in [0.25, 0.3) is 0 Å². The van der Waals surface area contributed by atoms with Gasteiger partial charge in [0.15, 0.2) is 0 Å². The van der Waals surface area contributed by atoms with Crippen LogP contribution in [0.2, 0.25) is 5.02 Å². The van der Waals surface area contributed by atoms with Crippen molar-refractivity contribution in [1.82, 2.24) is 4.98 Å². The molecular formula is C21H18ClFN2O2. The fraction of sp³-hybridized carbons (Fsp3) is 0.143. The Morgan fingerprint density at radius 1 is 1.19 bits per heavy atom. The van der Waals surface area contributed by atoms with Crippen LogP contribution in [0.25, 0.3) is 0 Å². The summed E-state index contributed by atoms with van der Waals surface area (Å²) in [6.07, 6.45) is 2.05. The molecule has 27 heavy (non-hydrogen) atoms. The largest absolute Gasteiger partial charge is 0.495 e. The number of nitrogens with zero attached hydrogens (tertiary/aromatic N) is 1. The number of pyridine rings is 1.